The molecule has 0 aromatic heterocycles. The van der Waals surface area contributed by atoms with Crippen molar-refractivity contribution in [3.63, 3.8) is 0 Å². The van der Waals surface area contributed by atoms with Crippen LogP contribution in [0.2, 0.25) is 0 Å². The first-order valence-electron chi connectivity index (χ1n) is 9.52. The van der Waals surface area contributed by atoms with Crippen molar-refractivity contribution < 1.29 is 4.79 Å². The molecule has 4 heteroatoms. The van der Waals surface area contributed by atoms with Crippen LogP contribution in [0.15, 0.2) is 48.5 Å². The maximum absolute atomic E-state index is 12.7. The average molecular weight is 351 g/mol. The van der Waals surface area contributed by atoms with Crippen molar-refractivity contribution in [1.82, 2.24) is 16.2 Å². The fraction of sp³-hybridized carbons (Fsp3) is 0.409. The number of hydrogen-bond acceptors (Lipinski definition) is 3. The van der Waals surface area contributed by atoms with Gasteiger partial charge in [0, 0.05) is 13.1 Å². The van der Waals surface area contributed by atoms with Crippen LogP contribution in [-0.4, -0.2) is 12.5 Å². The van der Waals surface area contributed by atoms with Gasteiger partial charge in [-0.3, -0.25) is 10.2 Å². The Morgan fingerprint density at radius 1 is 1.08 bits per heavy atom. The molecule has 0 saturated carbocycles. The van der Waals surface area contributed by atoms with Gasteiger partial charge >= 0.3 is 0 Å². The van der Waals surface area contributed by atoms with E-state index in [9.17, 15) is 4.79 Å². The van der Waals surface area contributed by atoms with E-state index >= 15 is 0 Å². The number of nitrogens with one attached hydrogen (secondary N) is 3. The SMILES string of the molecule is CCc1ccc(C2NNCC2C(=O)NCc2ccc(C(C)C)cc2)cc1. The van der Waals surface area contributed by atoms with E-state index in [1.165, 1.54) is 11.1 Å². The molecule has 26 heavy (non-hydrogen) atoms. The molecule has 2 aromatic rings. The minimum Gasteiger partial charge on any atom is -0.352 e. The van der Waals surface area contributed by atoms with E-state index < -0.39 is 0 Å². The Hall–Kier alpha value is -2.17. The van der Waals surface area contributed by atoms with Crippen molar-refractivity contribution in [2.45, 2.75) is 45.7 Å². The summed E-state index contributed by atoms with van der Waals surface area (Å²) in [6.07, 6.45) is 1.02. The Kier molecular flexibility index (Phi) is 6.07. The lowest BCUT2D eigenvalue weighted by molar-refractivity contribution is -0.125. The van der Waals surface area contributed by atoms with E-state index in [2.05, 4.69) is 85.5 Å². The highest BCUT2D eigenvalue weighted by Crippen LogP contribution is 2.25. The first-order chi connectivity index (χ1) is 12.6. The highest BCUT2D eigenvalue weighted by atomic mass is 16.2. The maximum atomic E-state index is 12.7. The molecule has 0 spiro atoms. The number of hydrazine groups is 1. The molecular weight excluding hydrogens is 322 g/mol. The standard InChI is InChI=1S/C22H29N3O/c1-4-16-5-11-19(12-6-16)21-20(14-24-25-21)22(26)23-13-17-7-9-18(10-8-17)15(2)3/h5-12,15,20-21,24-25H,4,13-14H2,1-3H3,(H,23,26). The number of amides is 1. The third kappa shape index (κ3) is 4.32. The molecule has 1 aliphatic heterocycles. The predicted molar refractivity (Wildman–Crippen MR) is 106 cm³/mol. The van der Waals surface area contributed by atoms with Crippen molar-refractivity contribution in [2.75, 3.05) is 6.54 Å². The second-order valence-corrected chi connectivity index (χ2v) is 7.32. The van der Waals surface area contributed by atoms with E-state index in [0.29, 0.717) is 19.0 Å². The zero-order valence-electron chi connectivity index (χ0n) is 15.9. The van der Waals surface area contributed by atoms with Crippen molar-refractivity contribution in [2.24, 2.45) is 5.92 Å². The molecule has 1 heterocycles. The quantitative estimate of drug-likeness (QED) is 0.747. The number of aryl methyl sites for hydroxylation is 1. The minimum atomic E-state index is -0.114. The van der Waals surface area contributed by atoms with Crippen molar-refractivity contribution in [3.8, 4) is 0 Å². The number of carbonyl (C=O) groups is 1. The van der Waals surface area contributed by atoms with E-state index in [4.69, 9.17) is 0 Å². The molecule has 3 N–H and O–H groups in total. The van der Waals surface area contributed by atoms with Crippen LogP contribution >= 0.6 is 0 Å². The summed E-state index contributed by atoms with van der Waals surface area (Å²) in [6.45, 7) is 7.72. The summed E-state index contributed by atoms with van der Waals surface area (Å²) in [5.74, 6) is 0.492. The van der Waals surface area contributed by atoms with Gasteiger partial charge in [0.25, 0.3) is 0 Å². The molecule has 1 amide bonds. The predicted octanol–water partition coefficient (Wildman–Crippen LogP) is 3.45. The molecule has 1 aliphatic rings. The molecule has 0 radical (unpaired) electrons. The van der Waals surface area contributed by atoms with Crippen LogP contribution in [-0.2, 0) is 17.8 Å². The summed E-state index contributed by atoms with van der Waals surface area (Å²) >= 11 is 0. The van der Waals surface area contributed by atoms with Gasteiger partial charge in [-0.15, -0.1) is 0 Å². The lowest BCUT2D eigenvalue weighted by Gasteiger charge is -2.19. The summed E-state index contributed by atoms with van der Waals surface area (Å²) in [4.78, 5) is 12.7. The molecule has 0 aliphatic carbocycles. The van der Waals surface area contributed by atoms with E-state index in [0.717, 1.165) is 17.5 Å². The zero-order chi connectivity index (χ0) is 18.5. The van der Waals surface area contributed by atoms with Gasteiger partial charge < -0.3 is 5.32 Å². The summed E-state index contributed by atoms with van der Waals surface area (Å²) in [5, 5.41) is 3.09. The van der Waals surface area contributed by atoms with Crippen molar-refractivity contribution >= 4 is 5.91 Å². The van der Waals surface area contributed by atoms with Gasteiger partial charge in [-0.05, 0) is 34.6 Å². The van der Waals surface area contributed by atoms with Crippen LogP contribution in [0.3, 0.4) is 0 Å². The monoisotopic (exact) mass is 351 g/mol. The van der Waals surface area contributed by atoms with Crippen LogP contribution in [0.1, 0.15) is 55.0 Å². The first-order valence-corrected chi connectivity index (χ1v) is 9.52. The fourth-order valence-electron chi connectivity index (χ4n) is 3.36. The van der Waals surface area contributed by atoms with Gasteiger partial charge in [-0.1, -0.05) is 69.3 Å². The maximum Gasteiger partial charge on any atom is 0.226 e. The molecular formula is C22H29N3O. The second-order valence-electron chi connectivity index (χ2n) is 7.32. The smallest absolute Gasteiger partial charge is 0.226 e. The van der Waals surface area contributed by atoms with Crippen molar-refractivity contribution in [3.05, 3.63) is 70.8 Å². The summed E-state index contributed by atoms with van der Waals surface area (Å²) in [7, 11) is 0. The number of rotatable bonds is 6. The molecule has 138 valence electrons. The van der Waals surface area contributed by atoms with Gasteiger partial charge in [-0.2, -0.15) is 0 Å². The third-order valence-corrected chi connectivity index (χ3v) is 5.18. The Balaban J connectivity index is 1.60. The average Bonchev–Trinajstić information content (AvgIpc) is 3.16. The lowest BCUT2D eigenvalue weighted by atomic mass is 9.93. The lowest BCUT2D eigenvalue weighted by Crippen LogP contribution is -2.34. The molecule has 4 nitrogen and oxygen atoms in total. The normalized spacial score (nSPS) is 19.7. The van der Waals surface area contributed by atoms with Crippen LogP contribution < -0.4 is 16.2 Å². The topological polar surface area (TPSA) is 53.2 Å². The highest BCUT2D eigenvalue weighted by Gasteiger charge is 2.33. The summed E-state index contributed by atoms with van der Waals surface area (Å²) in [6, 6.07) is 17.0. The van der Waals surface area contributed by atoms with Gasteiger partial charge in [0.2, 0.25) is 5.91 Å². The fourth-order valence-corrected chi connectivity index (χ4v) is 3.36. The molecule has 1 saturated heterocycles. The highest BCUT2D eigenvalue weighted by molar-refractivity contribution is 5.80. The van der Waals surface area contributed by atoms with Crippen LogP contribution in [0.5, 0.6) is 0 Å². The van der Waals surface area contributed by atoms with Gasteiger partial charge in [0.05, 0.1) is 12.0 Å². The number of carbonyl (C=O) groups excluding carboxylic acids is 1. The molecule has 2 atom stereocenters. The zero-order valence-corrected chi connectivity index (χ0v) is 15.9. The molecule has 2 unspecified atom stereocenters. The molecule has 1 fully saturated rings. The van der Waals surface area contributed by atoms with Crippen molar-refractivity contribution in [1.29, 1.82) is 0 Å². The van der Waals surface area contributed by atoms with Crippen LogP contribution in [0, 0.1) is 5.92 Å². The van der Waals surface area contributed by atoms with Gasteiger partial charge in [0.15, 0.2) is 0 Å². The Morgan fingerprint density at radius 2 is 1.73 bits per heavy atom. The second kappa shape index (κ2) is 8.47. The first kappa shape index (κ1) is 18.6. The third-order valence-electron chi connectivity index (χ3n) is 5.18. The van der Waals surface area contributed by atoms with Crippen LogP contribution in [0.25, 0.3) is 0 Å². The van der Waals surface area contributed by atoms with Gasteiger partial charge in [0.1, 0.15) is 0 Å². The van der Waals surface area contributed by atoms with E-state index in [1.54, 1.807) is 0 Å². The largest absolute Gasteiger partial charge is 0.352 e. The Labute approximate surface area is 156 Å². The Morgan fingerprint density at radius 3 is 2.35 bits per heavy atom. The van der Waals surface area contributed by atoms with Gasteiger partial charge in [-0.25, -0.2) is 5.43 Å². The molecule has 0 bridgehead atoms. The minimum absolute atomic E-state index is 0.00391. The Bertz CT molecular complexity index is 722. The number of hydrogen-bond donors (Lipinski definition) is 3. The van der Waals surface area contributed by atoms with E-state index in [1.807, 2.05) is 0 Å². The summed E-state index contributed by atoms with van der Waals surface area (Å²) in [5.41, 5.74) is 11.3. The molecule has 2 aromatic carbocycles. The van der Waals surface area contributed by atoms with E-state index in [-0.39, 0.29) is 17.9 Å². The summed E-state index contributed by atoms with van der Waals surface area (Å²) < 4.78 is 0. The molecule has 3 rings (SSSR count). The number of benzene rings is 2. The van der Waals surface area contributed by atoms with Crippen LogP contribution in [0.4, 0.5) is 0 Å².